The Bertz CT molecular complexity index is 3580. The zero-order valence-corrected chi connectivity index (χ0v) is 33.6. The molecule has 4 heteroatoms. The molecule has 6 aromatic heterocycles. The van der Waals surface area contributed by atoms with Crippen molar-refractivity contribution in [3.8, 4) is 11.4 Å². The van der Waals surface area contributed by atoms with E-state index in [1.165, 1.54) is 120 Å². The molecule has 58 heavy (non-hydrogen) atoms. The fraction of sp³-hybridized carbons (Fsp3) is 0.148. The third kappa shape index (κ3) is 3.90. The smallest absolute Gasteiger partial charge is 0.0618 e. The lowest BCUT2D eigenvalue weighted by atomic mass is 9.86. The summed E-state index contributed by atoms with van der Waals surface area (Å²) in [6.45, 7) is 14.1. The summed E-state index contributed by atoms with van der Waals surface area (Å²) < 4.78 is 10.0. The molecule has 0 aliphatic heterocycles. The summed E-state index contributed by atoms with van der Waals surface area (Å²) in [6.07, 6.45) is 4.89. The second kappa shape index (κ2) is 10.6. The average Bonchev–Trinajstić information content (AvgIpc) is 4.05. The van der Waals surface area contributed by atoms with E-state index in [0.717, 1.165) is 0 Å². The number of benzene rings is 7. The fourth-order valence-corrected chi connectivity index (χ4v) is 10.9. The third-order valence-electron chi connectivity index (χ3n) is 13.3. The summed E-state index contributed by atoms with van der Waals surface area (Å²) in [5.41, 5.74) is 15.1. The minimum Gasteiger partial charge on any atom is -0.315 e. The maximum atomic E-state index is 2.56. The molecule has 6 heterocycles. The van der Waals surface area contributed by atoms with Gasteiger partial charge in [-0.15, -0.1) is 0 Å². The van der Waals surface area contributed by atoms with Crippen molar-refractivity contribution in [1.29, 1.82) is 0 Å². The van der Waals surface area contributed by atoms with Gasteiger partial charge in [0, 0.05) is 77.6 Å². The molecule has 0 amide bonds. The van der Waals surface area contributed by atoms with Gasteiger partial charge in [0.25, 0.3) is 0 Å². The predicted molar refractivity (Wildman–Crippen MR) is 247 cm³/mol. The Morgan fingerprint density at radius 1 is 0.328 bits per heavy atom. The van der Waals surface area contributed by atoms with Crippen LogP contribution in [-0.4, -0.2) is 17.9 Å². The molecule has 0 atom stereocenters. The number of hydrogen-bond acceptors (Lipinski definition) is 0. The highest BCUT2D eigenvalue weighted by molar-refractivity contribution is 6.37. The lowest BCUT2D eigenvalue weighted by molar-refractivity contribution is 0.595. The Labute approximate surface area is 335 Å². The fourth-order valence-electron chi connectivity index (χ4n) is 10.9. The first-order valence-electron chi connectivity index (χ1n) is 20.6. The van der Waals surface area contributed by atoms with Gasteiger partial charge in [0.1, 0.15) is 0 Å². The average molecular weight is 747 g/mol. The van der Waals surface area contributed by atoms with Crippen molar-refractivity contribution in [3.63, 3.8) is 0 Å². The zero-order chi connectivity index (χ0) is 39.0. The normalized spacial score (nSPS) is 13.3. The molecule has 0 unspecified atom stereocenters. The number of nitrogens with zero attached hydrogens (tertiary/aromatic N) is 4. The van der Waals surface area contributed by atoms with E-state index in [1.807, 2.05) is 0 Å². The van der Waals surface area contributed by atoms with Crippen LogP contribution in [-0.2, 0) is 10.8 Å². The first-order chi connectivity index (χ1) is 28.1. The van der Waals surface area contributed by atoms with Gasteiger partial charge in [-0.25, -0.2) is 0 Å². The standard InChI is InChI=1S/C54H42N4/c1-53(2,3)39-29-55-43-28-44-38(25-37(43)49-47-33-21-13-15-23-41(33)57(31-17-9-7-10-18-31)45(47)26-35(39)51(49)55)50-48-34-22-14-16-24-42(34)58(32-19-11-8-12-20-32)46(48)27-36-40(54(4,5)6)30-56(44)52(36)50/h7-30H,1-6H3. The molecule has 13 rings (SSSR count). The van der Waals surface area contributed by atoms with Crippen LogP contribution in [0.15, 0.2) is 146 Å². The van der Waals surface area contributed by atoms with Gasteiger partial charge < -0.3 is 17.9 Å². The van der Waals surface area contributed by atoms with E-state index in [4.69, 9.17) is 0 Å². The number of aromatic nitrogens is 4. The van der Waals surface area contributed by atoms with Crippen LogP contribution in [0.3, 0.4) is 0 Å². The topological polar surface area (TPSA) is 18.7 Å². The molecular weight excluding hydrogens is 705 g/mol. The van der Waals surface area contributed by atoms with E-state index in [-0.39, 0.29) is 10.8 Å². The molecule has 0 aliphatic carbocycles. The first-order valence-corrected chi connectivity index (χ1v) is 20.6. The molecule has 0 N–H and O–H groups in total. The van der Waals surface area contributed by atoms with E-state index >= 15 is 0 Å². The number of fused-ring (bicyclic) bond motifs is 14. The highest BCUT2D eigenvalue weighted by Crippen LogP contribution is 2.51. The maximum Gasteiger partial charge on any atom is 0.0618 e. The molecule has 0 saturated carbocycles. The van der Waals surface area contributed by atoms with Crippen molar-refractivity contribution in [2.24, 2.45) is 0 Å². The number of para-hydroxylation sites is 4. The Hall–Kier alpha value is -6.78. The van der Waals surface area contributed by atoms with Crippen molar-refractivity contribution in [1.82, 2.24) is 17.9 Å². The van der Waals surface area contributed by atoms with Crippen LogP contribution in [0.25, 0.3) is 109 Å². The van der Waals surface area contributed by atoms with Gasteiger partial charge in [-0.05, 0) is 82.6 Å². The summed E-state index contributed by atoms with van der Waals surface area (Å²) in [6, 6.07) is 49.8. The maximum absolute atomic E-state index is 2.56. The van der Waals surface area contributed by atoms with E-state index in [9.17, 15) is 0 Å². The second-order valence-corrected chi connectivity index (χ2v) is 18.7. The van der Waals surface area contributed by atoms with Gasteiger partial charge >= 0.3 is 0 Å². The highest BCUT2D eigenvalue weighted by atomic mass is 15.0. The monoisotopic (exact) mass is 746 g/mol. The van der Waals surface area contributed by atoms with E-state index in [2.05, 4.69) is 205 Å². The number of rotatable bonds is 2. The van der Waals surface area contributed by atoms with Crippen LogP contribution < -0.4 is 0 Å². The minimum atomic E-state index is -0.0463. The molecule has 278 valence electrons. The van der Waals surface area contributed by atoms with Gasteiger partial charge in [-0.3, -0.25) is 0 Å². The van der Waals surface area contributed by atoms with Crippen molar-refractivity contribution >= 4 is 98.0 Å². The van der Waals surface area contributed by atoms with Crippen molar-refractivity contribution in [2.75, 3.05) is 0 Å². The van der Waals surface area contributed by atoms with Crippen LogP contribution in [0.5, 0.6) is 0 Å². The number of hydrogen-bond donors (Lipinski definition) is 0. The second-order valence-electron chi connectivity index (χ2n) is 18.7. The highest BCUT2D eigenvalue weighted by Gasteiger charge is 2.31. The first kappa shape index (κ1) is 32.3. The lowest BCUT2D eigenvalue weighted by Crippen LogP contribution is -2.10. The predicted octanol–water partition coefficient (Wildman–Crippen LogP) is 14.5. The van der Waals surface area contributed by atoms with Crippen molar-refractivity contribution in [2.45, 2.75) is 52.4 Å². The summed E-state index contributed by atoms with van der Waals surface area (Å²) in [4.78, 5) is 0. The van der Waals surface area contributed by atoms with Gasteiger partial charge in [0.15, 0.2) is 0 Å². The van der Waals surface area contributed by atoms with Crippen molar-refractivity contribution in [3.05, 3.63) is 157 Å². The van der Waals surface area contributed by atoms with Gasteiger partial charge in [0.2, 0.25) is 0 Å². The molecule has 0 fully saturated rings. The quantitative estimate of drug-likeness (QED) is 0.168. The van der Waals surface area contributed by atoms with Crippen LogP contribution in [0, 0.1) is 0 Å². The summed E-state index contributed by atoms with van der Waals surface area (Å²) in [5.74, 6) is 0. The third-order valence-corrected chi connectivity index (χ3v) is 13.3. The van der Waals surface area contributed by atoms with Gasteiger partial charge in [-0.2, -0.15) is 0 Å². The molecule has 0 spiro atoms. The molecule has 7 aromatic carbocycles. The molecule has 13 aromatic rings. The van der Waals surface area contributed by atoms with Gasteiger partial charge in [0.05, 0.1) is 44.1 Å². The lowest BCUT2D eigenvalue weighted by Gasteiger charge is -2.18. The Morgan fingerprint density at radius 3 is 1.14 bits per heavy atom. The molecule has 0 aliphatic rings. The molecular formula is C54H42N4. The van der Waals surface area contributed by atoms with Crippen molar-refractivity contribution < 1.29 is 0 Å². The van der Waals surface area contributed by atoms with Crippen LogP contribution in [0.4, 0.5) is 0 Å². The van der Waals surface area contributed by atoms with E-state index in [0.29, 0.717) is 0 Å². The zero-order valence-electron chi connectivity index (χ0n) is 33.6. The Kier molecular flexibility index (Phi) is 5.90. The molecule has 0 saturated heterocycles. The molecule has 0 bridgehead atoms. The largest absolute Gasteiger partial charge is 0.315 e. The summed E-state index contributed by atoms with van der Waals surface area (Å²) >= 11 is 0. The van der Waals surface area contributed by atoms with Crippen LogP contribution in [0.2, 0.25) is 0 Å². The van der Waals surface area contributed by atoms with Crippen LogP contribution >= 0.6 is 0 Å². The van der Waals surface area contributed by atoms with E-state index in [1.54, 1.807) is 0 Å². The Morgan fingerprint density at radius 2 is 0.724 bits per heavy atom. The summed E-state index contributed by atoms with van der Waals surface area (Å²) in [5, 5.41) is 13.2. The molecule has 4 nitrogen and oxygen atoms in total. The van der Waals surface area contributed by atoms with E-state index < -0.39 is 0 Å². The SMILES string of the molecule is CC(C)(C)c1cn2c3cc4c(cc3c3c5c6ccccc6n(-c6ccccc6)c5cc1c32)c1c2c3ccccc3n(-c3ccccc3)c2cc2c(C(C)(C)C)cn4c21. The Balaban J connectivity index is 1.29. The minimum absolute atomic E-state index is 0.0463. The van der Waals surface area contributed by atoms with Crippen LogP contribution in [0.1, 0.15) is 52.7 Å². The summed E-state index contributed by atoms with van der Waals surface area (Å²) in [7, 11) is 0. The van der Waals surface area contributed by atoms with Gasteiger partial charge in [-0.1, -0.05) is 114 Å². The molecule has 0 radical (unpaired) electrons.